The van der Waals surface area contributed by atoms with Crippen molar-refractivity contribution in [3.05, 3.63) is 34.1 Å². The van der Waals surface area contributed by atoms with Crippen LogP contribution in [0.25, 0.3) is 0 Å². The van der Waals surface area contributed by atoms with Crippen molar-refractivity contribution in [2.24, 2.45) is 5.92 Å². The molecule has 0 spiro atoms. The average molecular weight is 342 g/mol. The lowest BCUT2D eigenvalue weighted by Crippen LogP contribution is -2.41. The summed E-state index contributed by atoms with van der Waals surface area (Å²) in [5.41, 5.74) is 0.167. The molecular weight excluding hydrogens is 321 g/mol. The topological polar surface area (TPSA) is 20.3 Å². The Morgan fingerprint density at radius 1 is 1.40 bits per heavy atom. The Kier molecular flexibility index (Phi) is 5.19. The molecule has 1 aliphatic carbocycles. The number of benzene rings is 1. The van der Waals surface area contributed by atoms with Gasteiger partial charge in [0.1, 0.15) is 5.82 Å². The van der Waals surface area contributed by atoms with Crippen molar-refractivity contribution in [1.29, 1.82) is 0 Å². The smallest absolute Gasteiger partial charge is 0.258 e. The fourth-order valence-electron chi connectivity index (χ4n) is 2.85. The number of hydrogen-bond acceptors (Lipinski definition) is 1. The van der Waals surface area contributed by atoms with Crippen molar-refractivity contribution in [1.82, 2.24) is 4.90 Å². The van der Waals surface area contributed by atoms with Crippen molar-refractivity contribution < 1.29 is 9.18 Å². The third-order valence-corrected chi connectivity index (χ3v) is 4.43. The largest absolute Gasteiger partial charge is 0.335 e. The second-order valence-electron chi connectivity index (χ2n) is 5.89. The highest BCUT2D eigenvalue weighted by atomic mass is 79.9. The van der Waals surface area contributed by atoms with E-state index in [9.17, 15) is 9.18 Å². The number of nitrogens with zero attached hydrogens (tertiary/aromatic N) is 1. The van der Waals surface area contributed by atoms with E-state index in [1.54, 1.807) is 12.1 Å². The summed E-state index contributed by atoms with van der Waals surface area (Å²) in [6.07, 6.45) is 4.38. The van der Waals surface area contributed by atoms with Gasteiger partial charge in [-0.05, 0) is 46.8 Å². The van der Waals surface area contributed by atoms with E-state index in [-0.39, 0.29) is 17.5 Å². The van der Waals surface area contributed by atoms with Crippen LogP contribution in [0.15, 0.2) is 22.7 Å². The fourth-order valence-corrected chi connectivity index (χ4v) is 3.36. The van der Waals surface area contributed by atoms with Gasteiger partial charge in [0.25, 0.3) is 5.91 Å². The molecule has 20 heavy (non-hydrogen) atoms. The van der Waals surface area contributed by atoms with Crippen LogP contribution in [0.3, 0.4) is 0 Å². The van der Waals surface area contributed by atoms with Crippen molar-refractivity contribution >= 4 is 21.8 Å². The first kappa shape index (κ1) is 15.5. The molecule has 1 saturated carbocycles. The van der Waals surface area contributed by atoms with Gasteiger partial charge in [-0.15, -0.1) is 0 Å². The Bertz CT molecular complexity index is 463. The summed E-state index contributed by atoms with van der Waals surface area (Å²) in [5.74, 6) is -0.253. The molecule has 1 aromatic carbocycles. The monoisotopic (exact) mass is 341 g/mol. The normalized spacial score (nSPS) is 15.8. The molecule has 0 N–H and O–H groups in total. The number of carbonyl (C=O) groups excluding carboxylic acids is 1. The molecule has 0 heterocycles. The summed E-state index contributed by atoms with van der Waals surface area (Å²) in [5, 5.41) is 0. The third kappa shape index (κ3) is 3.40. The Hall–Kier alpha value is -0.900. The maximum Gasteiger partial charge on any atom is 0.258 e. The van der Waals surface area contributed by atoms with Gasteiger partial charge in [0.15, 0.2) is 0 Å². The van der Waals surface area contributed by atoms with Gasteiger partial charge >= 0.3 is 0 Å². The molecule has 2 nitrogen and oxygen atoms in total. The first-order valence-electron chi connectivity index (χ1n) is 7.25. The first-order valence-corrected chi connectivity index (χ1v) is 8.05. The Morgan fingerprint density at radius 3 is 2.60 bits per heavy atom. The quantitative estimate of drug-likeness (QED) is 0.781. The predicted octanol–water partition coefficient (Wildman–Crippen LogP) is 4.63. The van der Waals surface area contributed by atoms with Crippen LogP contribution in [0.1, 0.15) is 49.9 Å². The molecule has 0 radical (unpaired) electrons. The van der Waals surface area contributed by atoms with Crippen LogP contribution in [-0.2, 0) is 0 Å². The molecule has 0 bridgehead atoms. The molecule has 1 amide bonds. The summed E-state index contributed by atoms with van der Waals surface area (Å²) < 4.78 is 14.5. The predicted molar refractivity (Wildman–Crippen MR) is 82.2 cm³/mol. The second kappa shape index (κ2) is 6.70. The van der Waals surface area contributed by atoms with Gasteiger partial charge < -0.3 is 4.90 Å². The van der Waals surface area contributed by atoms with E-state index in [2.05, 4.69) is 29.8 Å². The third-order valence-electron chi connectivity index (χ3n) is 3.76. The van der Waals surface area contributed by atoms with E-state index in [1.807, 2.05) is 4.90 Å². The van der Waals surface area contributed by atoms with Crippen LogP contribution >= 0.6 is 15.9 Å². The lowest BCUT2D eigenvalue weighted by Gasteiger charge is -2.31. The van der Waals surface area contributed by atoms with Crippen LogP contribution in [0, 0.1) is 11.7 Å². The van der Waals surface area contributed by atoms with Gasteiger partial charge in [0.2, 0.25) is 0 Å². The molecule has 1 aromatic rings. The van der Waals surface area contributed by atoms with Crippen molar-refractivity contribution in [3.8, 4) is 0 Å². The van der Waals surface area contributed by atoms with Crippen LogP contribution in [-0.4, -0.2) is 23.4 Å². The Labute approximate surface area is 128 Å². The molecular formula is C16H21BrFNO. The van der Waals surface area contributed by atoms with Gasteiger partial charge in [0, 0.05) is 17.1 Å². The minimum absolute atomic E-state index is 0.167. The zero-order valence-corrected chi connectivity index (χ0v) is 13.6. The molecule has 1 aliphatic rings. The summed E-state index contributed by atoms with van der Waals surface area (Å²) in [4.78, 5) is 14.6. The summed E-state index contributed by atoms with van der Waals surface area (Å²) in [6.45, 7) is 4.86. The molecule has 0 aromatic heterocycles. The van der Waals surface area contributed by atoms with E-state index < -0.39 is 5.82 Å². The van der Waals surface area contributed by atoms with Gasteiger partial charge in [-0.25, -0.2) is 4.39 Å². The highest BCUT2D eigenvalue weighted by molar-refractivity contribution is 9.10. The van der Waals surface area contributed by atoms with Crippen LogP contribution in [0.5, 0.6) is 0 Å². The van der Waals surface area contributed by atoms with Gasteiger partial charge in [-0.2, -0.15) is 0 Å². The first-order chi connectivity index (χ1) is 9.50. The van der Waals surface area contributed by atoms with E-state index in [4.69, 9.17) is 0 Å². The van der Waals surface area contributed by atoms with E-state index in [1.165, 1.54) is 6.07 Å². The molecule has 1 fully saturated rings. The van der Waals surface area contributed by atoms with Crippen LogP contribution in [0.4, 0.5) is 4.39 Å². The summed E-state index contributed by atoms with van der Waals surface area (Å²) in [7, 11) is 0. The molecule has 110 valence electrons. The molecule has 4 heteroatoms. The molecule has 2 rings (SSSR count). The van der Waals surface area contributed by atoms with Crippen molar-refractivity contribution in [3.63, 3.8) is 0 Å². The zero-order chi connectivity index (χ0) is 14.7. The molecule has 0 aliphatic heterocycles. The zero-order valence-electron chi connectivity index (χ0n) is 12.0. The number of rotatable bonds is 4. The lowest BCUT2D eigenvalue weighted by atomic mass is 10.1. The number of amides is 1. The minimum atomic E-state index is -0.448. The van der Waals surface area contributed by atoms with E-state index in [0.717, 1.165) is 25.7 Å². The maximum absolute atomic E-state index is 14.0. The highest BCUT2D eigenvalue weighted by Crippen LogP contribution is 2.28. The Balaban J connectivity index is 2.30. The van der Waals surface area contributed by atoms with E-state index in [0.29, 0.717) is 16.9 Å². The maximum atomic E-state index is 14.0. The standard InChI is InChI=1S/C16H21BrFNO/c1-11(2)10-19(12-6-3-4-7-12)16(20)15-13(17)8-5-9-14(15)18/h5,8-9,11-12H,3-4,6-7,10H2,1-2H3. The summed E-state index contributed by atoms with van der Waals surface area (Å²) in [6, 6.07) is 4.94. The van der Waals surface area contributed by atoms with Crippen molar-refractivity contribution in [2.75, 3.05) is 6.54 Å². The SMILES string of the molecule is CC(C)CN(C(=O)c1c(F)cccc1Br)C1CCCC1. The van der Waals surface area contributed by atoms with Crippen LogP contribution in [0.2, 0.25) is 0 Å². The minimum Gasteiger partial charge on any atom is -0.335 e. The number of halogens is 2. The lowest BCUT2D eigenvalue weighted by molar-refractivity contribution is 0.0649. The van der Waals surface area contributed by atoms with Gasteiger partial charge in [0.05, 0.1) is 5.56 Å². The fraction of sp³-hybridized carbons (Fsp3) is 0.562. The molecule has 0 unspecified atom stereocenters. The van der Waals surface area contributed by atoms with Crippen LogP contribution < -0.4 is 0 Å². The average Bonchev–Trinajstić information content (AvgIpc) is 2.88. The highest BCUT2D eigenvalue weighted by Gasteiger charge is 2.30. The summed E-state index contributed by atoms with van der Waals surface area (Å²) >= 11 is 3.30. The van der Waals surface area contributed by atoms with Gasteiger partial charge in [-0.1, -0.05) is 32.8 Å². The van der Waals surface area contributed by atoms with E-state index >= 15 is 0 Å². The van der Waals surface area contributed by atoms with Gasteiger partial charge in [-0.3, -0.25) is 4.79 Å². The Morgan fingerprint density at radius 2 is 2.05 bits per heavy atom. The van der Waals surface area contributed by atoms with Crippen molar-refractivity contribution in [2.45, 2.75) is 45.6 Å². The molecule has 0 atom stereocenters. The second-order valence-corrected chi connectivity index (χ2v) is 6.74. The molecule has 0 saturated heterocycles. The number of carbonyl (C=O) groups is 1. The number of hydrogen-bond donors (Lipinski definition) is 0.